The molecule has 2 N–H and O–H groups in total. The van der Waals surface area contributed by atoms with Gasteiger partial charge in [-0.05, 0) is 6.54 Å². The summed E-state index contributed by atoms with van der Waals surface area (Å²) in [4.78, 5) is 0. The van der Waals surface area contributed by atoms with Gasteiger partial charge >= 0.3 is 0 Å². The summed E-state index contributed by atoms with van der Waals surface area (Å²) in [5, 5.41) is 6.65. The Balaban J connectivity index is 2.20. The first kappa shape index (κ1) is 8.97. The maximum atomic E-state index is 5.32. The summed E-state index contributed by atoms with van der Waals surface area (Å²) < 4.78 is 5.32. The highest BCUT2D eigenvalue weighted by Crippen LogP contribution is 2.10. The minimum Gasteiger partial charge on any atom is -0.380 e. The fourth-order valence-corrected chi connectivity index (χ4v) is 1.52. The Hall–Kier alpha value is -0.120. The fourth-order valence-electron chi connectivity index (χ4n) is 1.52. The van der Waals surface area contributed by atoms with Crippen LogP contribution in [-0.2, 0) is 4.74 Å². The van der Waals surface area contributed by atoms with Gasteiger partial charge in [0, 0.05) is 32.7 Å². The van der Waals surface area contributed by atoms with E-state index in [4.69, 9.17) is 4.74 Å². The standard InChI is InChI=1S/C8H18N2O/c1-3-9-4-7-5-10-6-8(7)11-2/h7-10H,3-6H2,1-2H3. The predicted molar refractivity (Wildman–Crippen MR) is 45.7 cm³/mol. The maximum Gasteiger partial charge on any atom is 0.0748 e. The van der Waals surface area contributed by atoms with Crippen LogP contribution in [-0.4, -0.2) is 39.4 Å². The van der Waals surface area contributed by atoms with Gasteiger partial charge in [-0.3, -0.25) is 0 Å². The van der Waals surface area contributed by atoms with Gasteiger partial charge in [0.15, 0.2) is 0 Å². The third-order valence-corrected chi connectivity index (χ3v) is 2.24. The Bertz CT molecular complexity index is 108. The topological polar surface area (TPSA) is 33.3 Å². The quantitative estimate of drug-likeness (QED) is 0.596. The molecule has 0 spiro atoms. The average Bonchev–Trinajstić information content (AvgIpc) is 2.47. The summed E-state index contributed by atoms with van der Waals surface area (Å²) in [5.41, 5.74) is 0. The SMILES string of the molecule is CCNCC1CNCC1OC. The van der Waals surface area contributed by atoms with Crippen LogP contribution in [0.2, 0.25) is 0 Å². The summed E-state index contributed by atoms with van der Waals surface area (Å²) >= 11 is 0. The lowest BCUT2D eigenvalue weighted by molar-refractivity contribution is 0.0831. The Morgan fingerprint density at radius 3 is 3.00 bits per heavy atom. The number of methoxy groups -OCH3 is 1. The molecule has 0 aliphatic carbocycles. The molecule has 1 heterocycles. The summed E-state index contributed by atoms with van der Waals surface area (Å²) in [7, 11) is 1.79. The normalized spacial score (nSPS) is 31.1. The molecule has 1 saturated heterocycles. The second-order valence-electron chi connectivity index (χ2n) is 3.00. The summed E-state index contributed by atoms with van der Waals surface area (Å²) in [6.45, 7) is 6.34. The van der Waals surface area contributed by atoms with Crippen molar-refractivity contribution in [3.05, 3.63) is 0 Å². The first-order valence-corrected chi connectivity index (χ1v) is 4.32. The van der Waals surface area contributed by atoms with E-state index in [1.165, 1.54) is 0 Å². The zero-order valence-electron chi connectivity index (χ0n) is 7.39. The molecule has 2 atom stereocenters. The molecule has 0 amide bonds. The molecule has 0 bridgehead atoms. The number of hydrogen-bond acceptors (Lipinski definition) is 3. The second kappa shape index (κ2) is 4.70. The highest BCUT2D eigenvalue weighted by atomic mass is 16.5. The van der Waals surface area contributed by atoms with Crippen LogP contribution in [0.15, 0.2) is 0 Å². The van der Waals surface area contributed by atoms with E-state index in [0.29, 0.717) is 12.0 Å². The molecule has 0 aromatic heterocycles. The molecule has 0 aromatic rings. The Kier molecular flexibility index (Phi) is 3.83. The zero-order valence-corrected chi connectivity index (χ0v) is 7.39. The Morgan fingerprint density at radius 1 is 1.55 bits per heavy atom. The van der Waals surface area contributed by atoms with Gasteiger partial charge in [-0.25, -0.2) is 0 Å². The zero-order chi connectivity index (χ0) is 8.10. The molecule has 2 unspecified atom stereocenters. The second-order valence-corrected chi connectivity index (χ2v) is 3.00. The van der Waals surface area contributed by atoms with Crippen molar-refractivity contribution in [2.45, 2.75) is 13.0 Å². The van der Waals surface area contributed by atoms with Gasteiger partial charge in [0.1, 0.15) is 0 Å². The van der Waals surface area contributed by atoms with Crippen molar-refractivity contribution in [1.82, 2.24) is 10.6 Å². The van der Waals surface area contributed by atoms with Crippen LogP contribution in [0.25, 0.3) is 0 Å². The van der Waals surface area contributed by atoms with Gasteiger partial charge in [-0.15, -0.1) is 0 Å². The van der Waals surface area contributed by atoms with Gasteiger partial charge < -0.3 is 15.4 Å². The van der Waals surface area contributed by atoms with Crippen LogP contribution >= 0.6 is 0 Å². The highest BCUT2D eigenvalue weighted by Gasteiger charge is 2.25. The average molecular weight is 158 g/mol. The van der Waals surface area contributed by atoms with E-state index < -0.39 is 0 Å². The number of rotatable bonds is 4. The van der Waals surface area contributed by atoms with Crippen LogP contribution in [0, 0.1) is 5.92 Å². The van der Waals surface area contributed by atoms with Crippen molar-refractivity contribution in [3.63, 3.8) is 0 Å². The lowest BCUT2D eigenvalue weighted by atomic mass is 10.1. The molecular weight excluding hydrogens is 140 g/mol. The van der Waals surface area contributed by atoms with E-state index in [1.54, 1.807) is 7.11 Å². The van der Waals surface area contributed by atoms with Crippen molar-refractivity contribution in [1.29, 1.82) is 0 Å². The summed E-state index contributed by atoms with van der Waals surface area (Å²) in [5.74, 6) is 0.653. The van der Waals surface area contributed by atoms with Crippen molar-refractivity contribution >= 4 is 0 Å². The van der Waals surface area contributed by atoms with Crippen molar-refractivity contribution in [3.8, 4) is 0 Å². The molecule has 1 aliphatic rings. The molecule has 0 radical (unpaired) electrons. The van der Waals surface area contributed by atoms with E-state index in [-0.39, 0.29) is 0 Å². The van der Waals surface area contributed by atoms with E-state index in [0.717, 1.165) is 26.2 Å². The monoisotopic (exact) mass is 158 g/mol. The molecule has 0 saturated carbocycles. The summed E-state index contributed by atoms with van der Waals surface area (Å²) in [6.07, 6.45) is 0.411. The lowest BCUT2D eigenvalue weighted by Crippen LogP contribution is -2.31. The number of nitrogens with one attached hydrogen (secondary N) is 2. The van der Waals surface area contributed by atoms with Crippen LogP contribution in [0.1, 0.15) is 6.92 Å². The molecule has 1 rings (SSSR count). The third kappa shape index (κ3) is 2.43. The van der Waals surface area contributed by atoms with E-state index in [2.05, 4.69) is 17.6 Å². The van der Waals surface area contributed by atoms with Gasteiger partial charge in [0.05, 0.1) is 6.10 Å². The minimum absolute atomic E-state index is 0.411. The van der Waals surface area contributed by atoms with Crippen LogP contribution in [0.4, 0.5) is 0 Å². The largest absolute Gasteiger partial charge is 0.380 e. The predicted octanol–water partition coefficient (Wildman–Crippen LogP) is -0.170. The van der Waals surface area contributed by atoms with Crippen LogP contribution in [0.5, 0.6) is 0 Å². The van der Waals surface area contributed by atoms with E-state index in [1.807, 2.05) is 0 Å². The van der Waals surface area contributed by atoms with E-state index >= 15 is 0 Å². The fraction of sp³-hybridized carbons (Fsp3) is 1.00. The van der Waals surface area contributed by atoms with Gasteiger partial charge in [0.25, 0.3) is 0 Å². The molecule has 11 heavy (non-hydrogen) atoms. The Labute approximate surface area is 68.5 Å². The molecular formula is C8H18N2O. The lowest BCUT2D eigenvalue weighted by Gasteiger charge is -2.16. The van der Waals surface area contributed by atoms with Gasteiger partial charge in [0.2, 0.25) is 0 Å². The molecule has 3 nitrogen and oxygen atoms in total. The molecule has 66 valence electrons. The Morgan fingerprint density at radius 2 is 2.36 bits per heavy atom. The van der Waals surface area contributed by atoms with Crippen LogP contribution in [0.3, 0.4) is 0 Å². The van der Waals surface area contributed by atoms with Gasteiger partial charge in [-0.2, -0.15) is 0 Å². The smallest absolute Gasteiger partial charge is 0.0748 e. The number of hydrogen-bond donors (Lipinski definition) is 2. The first-order chi connectivity index (χ1) is 5.38. The third-order valence-electron chi connectivity index (χ3n) is 2.24. The van der Waals surface area contributed by atoms with Crippen molar-refractivity contribution in [2.24, 2.45) is 5.92 Å². The van der Waals surface area contributed by atoms with E-state index in [9.17, 15) is 0 Å². The van der Waals surface area contributed by atoms with Crippen molar-refractivity contribution < 1.29 is 4.74 Å². The van der Waals surface area contributed by atoms with Crippen molar-refractivity contribution in [2.75, 3.05) is 33.3 Å². The summed E-state index contributed by atoms with van der Waals surface area (Å²) in [6, 6.07) is 0. The molecule has 1 aliphatic heterocycles. The van der Waals surface area contributed by atoms with Gasteiger partial charge in [-0.1, -0.05) is 6.92 Å². The number of ether oxygens (including phenoxy) is 1. The van der Waals surface area contributed by atoms with Crippen LogP contribution < -0.4 is 10.6 Å². The molecule has 0 aromatic carbocycles. The molecule has 3 heteroatoms. The molecule has 1 fully saturated rings. The first-order valence-electron chi connectivity index (χ1n) is 4.32. The highest BCUT2D eigenvalue weighted by molar-refractivity contribution is 4.82. The maximum absolute atomic E-state index is 5.32. The minimum atomic E-state index is 0.411.